The van der Waals surface area contributed by atoms with Crippen LogP contribution in [-0.2, 0) is 0 Å². The molecular formula is C11H14N6O. The van der Waals surface area contributed by atoms with Gasteiger partial charge in [0, 0.05) is 18.7 Å². The number of fused-ring (bicyclic) bond motifs is 1. The Hall–Kier alpha value is -2.36. The quantitative estimate of drug-likeness (QED) is 0.850. The van der Waals surface area contributed by atoms with Crippen LogP contribution in [0.15, 0.2) is 17.2 Å². The number of rotatable bonds is 4. The summed E-state index contributed by atoms with van der Waals surface area (Å²) in [6.07, 6.45) is 1.87. The molecule has 0 radical (unpaired) electrons. The van der Waals surface area contributed by atoms with Crippen LogP contribution in [0.2, 0.25) is 0 Å². The standard InChI is InChI=1S/C11H14N6O/c1-8(2)16(5-3-4-12)9-6-10-14-15-11(18)17(10)7-13-9/h6-8H,3,5H2,1-2H3,(H,15,18). The molecule has 0 amide bonds. The first kappa shape index (κ1) is 12.1. The monoisotopic (exact) mass is 246 g/mol. The molecule has 18 heavy (non-hydrogen) atoms. The van der Waals surface area contributed by atoms with Gasteiger partial charge >= 0.3 is 5.69 Å². The van der Waals surface area contributed by atoms with Gasteiger partial charge in [-0.05, 0) is 13.8 Å². The summed E-state index contributed by atoms with van der Waals surface area (Å²) in [5, 5.41) is 14.9. The number of hydrogen-bond donors (Lipinski definition) is 1. The minimum absolute atomic E-state index is 0.221. The second-order valence-electron chi connectivity index (χ2n) is 4.20. The van der Waals surface area contributed by atoms with Gasteiger partial charge in [0.25, 0.3) is 0 Å². The molecule has 0 spiro atoms. The molecule has 2 aromatic heterocycles. The molecule has 2 rings (SSSR count). The van der Waals surface area contributed by atoms with Crippen LogP contribution in [0.4, 0.5) is 5.82 Å². The lowest BCUT2D eigenvalue weighted by atomic mass is 10.3. The van der Waals surface area contributed by atoms with Crippen LogP contribution in [0.3, 0.4) is 0 Å². The van der Waals surface area contributed by atoms with E-state index in [-0.39, 0.29) is 11.7 Å². The molecule has 0 atom stereocenters. The number of aromatic amines is 1. The van der Waals surface area contributed by atoms with Gasteiger partial charge in [0.2, 0.25) is 0 Å². The maximum Gasteiger partial charge on any atom is 0.348 e. The van der Waals surface area contributed by atoms with E-state index in [1.165, 1.54) is 10.7 Å². The molecule has 0 saturated carbocycles. The molecular weight excluding hydrogens is 232 g/mol. The maximum atomic E-state index is 11.3. The molecule has 0 aliphatic rings. The van der Waals surface area contributed by atoms with E-state index in [1.807, 2.05) is 18.7 Å². The fraction of sp³-hybridized carbons (Fsp3) is 0.455. The van der Waals surface area contributed by atoms with Crippen molar-refractivity contribution >= 4 is 11.5 Å². The van der Waals surface area contributed by atoms with Gasteiger partial charge in [-0.3, -0.25) is 0 Å². The third-order valence-corrected chi connectivity index (χ3v) is 2.68. The van der Waals surface area contributed by atoms with Crippen molar-refractivity contribution in [1.29, 1.82) is 5.26 Å². The fourth-order valence-corrected chi connectivity index (χ4v) is 1.76. The van der Waals surface area contributed by atoms with Crippen LogP contribution in [0.25, 0.3) is 5.65 Å². The summed E-state index contributed by atoms with van der Waals surface area (Å²) in [7, 11) is 0. The highest BCUT2D eigenvalue weighted by Gasteiger charge is 2.13. The first-order valence-corrected chi connectivity index (χ1v) is 5.70. The molecule has 7 heteroatoms. The van der Waals surface area contributed by atoms with Crippen molar-refractivity contribution in [2.24, 2.45) is 0 Å². The first-order chi connectivity index (χ1) is 8.63. The van der Waals surface area contributed by atoms with E-state index in [1.54, 1.807) is 6.07 Å². The third kappa shape index (κ3) is 2.18. The highest BCUT2D eigenvalue weighted by molar-refractivity contribution is 5.50. The van der Waals surface area contributed by atoms with Gasteiger partial charge in [-0.1, -0.05) is 0 Å². The Kier molecular flexibility index (Phi) is 3.28. The van der Waals surface area contributed by atoms with Crippen LogP contribution in [0.5, 0.6) is 0 Å². The molecule has 2 heterocycles. The summed E-state index contributed by atoms with van der Waals surface area (Å²) in [4.78, 5) is 17.6. The van der Waals surface area contributed by atoms with Gasteiger partial charge in [0.15, 0.2) is 5.65 Å². The highest BCUT2D eigenvalue weighted by Crippen LogP contribution is 2.14. The Labute approximate surface area is 104 Å². The lowest BCUT2D eigenvalue weighted by Crippen LogP contribution is -2.32. The lowest BCUT2D eigenvalue weighted by Gasteiger charge is -2.26. The van der Waals surface area contributed by atoms with E-state index < -0.39 is 0 Å². The van der Waals surface area contributed by atoms with E-state index in [2.05, 4.69) is 21.3 Å². The largest absolute Gasteiger partial charge is 0.353 e. The second-order valence-corrected chi connectivity index (χ2v) is 4.20. The Morgan fingerprint density at radius 3 is 3.06 bits per heavy atom. The van der Waals surface area contributed by atoms with Crippen molar-refractivity contribution in [1.82, 2.24) is 19.6 Å². The summed E-state index contributed by atoms with van der Waals surface area (Å²) >= 11 is 0. The van der Waals surface area contributed by atoms with Crippen LogP contribution in [0, 0.1) is 11.3 Å². The fourth-order valence-electron chi connectivity index (χ4n) is 1.76. The SMILES string of the molecule is CC(C)N(CCC#N)c1cc2n[nH]c(=O)n2cn1. The highest BCUT2D eigenvalue weighted by atomic mass is 16.1. The third-order valence-electron chi connectivity index (χ3n) is 2.68. The number of anilines is 1. The predicted molar refractivity (Wildman–Crippen MR) is 66.3 cm³/mol. The van der Waals surface area contributed by atoms with E-state index in [9.17, 15) is 4.79 Å². The predicted octanol–water partition coefficient (Wildman–Crippen LogP) is 0.546. The normalized spacial score (nSPS) is 10.8. The van der Waals surface area contributed by atoms with Crippen molar-refractivity contribution in [3.63, 3.8) is 0 Å². The number of H-pyrrole nitrogens is 1. The maximum absolute atomic E-state index is 11.3. The number of hydrogen-bond acceptors (Lipinski definition) is 5. The molecule has 0 fully saturated rings. The summed E-state index contributed by atoms with van der Waals surface area (Å²) in [6.45, 7) is 4.66. The Morgan fingerprint density at radius 2 is 2.39 bits per heavy atom. The van der Waals surface area contributed by atoms with E-state index in [4.69, 9.17) is 5.26 Å². The molecule has 94 valence electrons. The van der Waals surface area contributed by atoms with Crippen molar-refractivity contribution in [2.45, 2.75) is 26.3 Å². The summed E-state index contributed by atoms with van der Waals surface area (Å²) in [5.74, 6) is 0.715. The molecule has 7 nitrogen and oxygen atoms in total. The van der Waals surface area contributed by atoms with Gasteiger partial charge in [-0.2, -0.15) is 10.4 Å². The minimum Gasteiger partial charge on any atom is -0.353 e. The Morgan fingerprint density at radius 1 is 1.61 bits per heavy atom. The molecule has 1 N–H and O–H groups in total. The number of nitriles is 1. The number of aromatic nitrogens is 4. The molecule has 0 unspecified atom stereocenters. The summed E-state index contributed by atoms with van der Waals surface area (Å²) in [6, 6.07) is 4.07. The van der Waals surface area contributed by atoms with Gasteiger partial charge in [-0.25, -0.2) is 19.3 Å². The zero-order valence-electron chi connectivity index (χ0n) is 10.3. The van der Waals surface area contributed by atoms with Crippen LogP contribution < -0.4 is 10.6 Å². The second kappa shape index (κ2) is 4.87. The van der Waals surface area contributed by atoms with E-state index in [0.29, 0.717) is 24.4 Å². The Bertz CT molecular complexity index is 635. The van der Waals surface area contributed by atoms with Gasteiger partial charge in [-0.15, -0.1) is 0 Å². The van der Waals surface area contributed by atoms with Crippen molar-refractivity contribution < 1.29 is 0 Å². The smallest absolute Gasteiger partial charge is 0.348 e. The van der Waals surface area contributed by atoms with Gasteiger partial charge in [0.05, 0.1) is 12.5 Å². The summed E-state index contributed by atoms with van der Waals surface area (Å²) < 4.78 is 1.34. The molecule has 2 aromatic rings. The van der Waals surface area contributed by atoms with Crippen molar-refractivity contribution in [2.75, 3.05) is 11.4 Å². The zero-order valence-corrected chi connectivity index (χ0v) is 10.3. The molecule has 0 saturated heterocycles. The topological polar surface area (TPSA) is 90.1 Å². The van der Waals surface area contributed by atoms with Gasteiger partial charge < -0.3 is 4.90 Å². The van der Waals surface area contributed by atoms with E-state index in [0.717, 1.165) is 0 Å². The molecule has 0 aliphatic carbocycles. The first-order valence-electron chi connectivity index (χ1n) is 5.70. The van der Waals surface area contributed by atoms with Crippen LogP contribution in [-0.4, -0.2) is 32.2 Å². The zero-order chi connectivity index (χ0) is 13.1. The van der Waals surface area contributed by atoms with Crippen LogP contribution in [0.1, 0.15) is 20.3 Å². The van der Waals surface area contributed by atoms with Crippen LogP contribution >= 0.6 is 0 Å². The molecule has 0 aliphatic heterocycles. The molecule has 0 aromatic carbocycles. The van der Waals surface area contributed by atoms with Crippen molar-refractivity contribution in [3.8, 4) is 6.07 Å². The van der Waals surface area contributed by atoms with E-state index >= 15 is 0 Å². The number of nitrogens with one attached hydrogen (secondary N) is 1. The van der Waals surface area contributed by atoms with Gasteiger partial charge in [0.1, 0.15) is 12.1 Å². The number of nitrogens with zero attached hydrogens (tertiary/aromatic N) is 5. The summed E-state index contributed by atoms with van der Waals surface area (Å²) in [5.41, 5.74) is 0.213. The Balaban J connectivity index is 2.38. The molecule has 0 bridgehead atoms. The lowest BCUT2D eigenvalue weighted by molar-refractivity contribution is 0.675. The van der Waals surface area contributed by atoms with Crippen molar-refractivity contribution in [3.05, 3.63) is 22.9 Å². The minimum atomic E-state index is -0.308. The average Bonchev–Trinajstić information content (AvgIpc) is 2.71. The average molecular weight is 246 g/mol.